The zero-order chi connectivity index (χ0) is 20.9. The number of aliphatic hydroxyl groups excluding tert-OH is 1. The van der Waals surface area contributed by atoms with Gasteiger partial charge in [-0.15, -0.1) is 0 Å². The van der Waals surface area contributed by atoms with Crippen molar-refractivity contribution in [3.05, 3.63) is 0 Å². The van der Waals surface area contributed by atoms with E-state index in [1.54, 1.807) is 0 Å². The van der Waals surface area contributed by atoms with E-state index in [0.717, 1.165) is 12.8 Å². The first-order valence-corrected chi connectivity index (χ1v) is 13.3. The predicted octanol–water partition coefficient (Wildman–Crippen LogP) is 9.61. The van der Waals surface area contributed by atoms with Crippen molar-refractivity contribution in [3.8, 4) is 0 Å². The lowest BCUT2D eigenvalue weighted by atomic mass is 9.70. The minimum Gasteiger partial charge on any atom is -0.393 e. The van der Waals surface area contributed by atoms with Crippen LogP contribution in [0.4, 0.5) is 0 Å². The molecular formula is C27H56O. The van der Waals surface area contributed by atoms with Crippen molar-refractivity contribution in [1.82, 2.24) is 0 Å². The van der Waals surface area contributed by atoms with Crippen molar-refractivity contribution < 1.29 is 5.11 Å². The molecule has 0 aromatic carbocycles. The summed E-state index contributed by atoms with van der Waals surface area (Å²) in [5.41, 5.74) is 0.195. The lowest BCUT2D eigenvalue weighted by Crippen LogP contribution is -2.35. The van der Waals surface area contributed by atoms with Gasteiger partial charge >= 0.3 is 0 Å². The molecule has 0 aliphatic heterocycles. The van der Waals surface area contributed by atoms with Crippen LogP contribution in [0.15, 0.2) is 0 Å². The fourth-order valence-electron chi connectivity index (χ4n) is 4.81. The van der Waals surface area contributed by atoms with Crippen LogP contribution in [-0.4, -0.2) is 11.2 Å². The second-order valence-corrected chi connectivity index (χ2v) is 9.47. The first-order chi connectivity index (χ1) is 13.7. The second kappa shape index (κ2) is 20.2. The topological polar surface area (TPSA) is 20.2 Å². The van der Waals surface area contributed by atoms with Gasteiger partial charge in [-0.25, -0.2) is 0 Å². The Morgan fingerprint density at radius 1 is 0.500 bits per heavy atom. The van der Waals surface area contributed by atoms with Gasteiger partial charge in [0.05, 0.1) is 6.10 Å². The molecule has 0 saturated heterocycles. The molecule has 0 saturated carbocycles. The molecule has 0 bridgehead atoms. The summed E-state index contributed by atoms with van der Waals surface area (Å²) >= 11 is 0. The zero-order valence-corrected chi connectivity index (χ0v) is 20.4. The smallest absolute Gasteiger partial charge is 0.0596 e. The Bertz CT molecular complexity index is 283. The Morgan fingerprint density at radius 3 is 1.25 bits per heavy atom. The maximum atomic E-state index is 11.2. The van der Waals surface area contributed by atoms with Crippen molar-refractivity contribution in [2.24, 2.45) is 5.41 Å². The summed E-state index contributed by atoms with van der Waals surface area (Å²) in [6, 6.07) is 0. The van der Waals surface area contributed by atoms with Crippen LogP contribution in [0.1, 0.15) is 163 Å². The zero-order valence-electron chi connectivity index (χ0n) is 20.4. The van der Waals surface area contributed by atoms with Crippen LogP contribution in [0.3, 0.4) is 0 Å². The lowest BCUT2D eigenvalue weighted by molar-refractivity contribution is -0.00382. The molecule has 0 aliphatic carbocycles. The molecule has 1 N–H and O–H groups in total. The highest BCUT2D eigenvalue weighted by Gasteiger charge is 2.34. The molecule has 0 aliphatic rings. The molecule has 1 nitrogen and oxygen atoms in total. The van der Waals surface area contributed by atoms with Gasteiger partial charge in [-0.1, -0.05) is 137 Å². The molecule has 170 valence electrons. The van der Waals surface area contributed by atoms with Crippen LogP contribution in [0, 0.1) is 5.41 Å². The van der Waals surface area contributed by atoms with E-state index in [-0.39, 0.29) is 11.5 Å². The summed E-state index contributed by atoms with van der Waals surface area (Å²) in [7, 11) is 0. The van der Waals surface area contributed by atoms with Crippen LogP contribution in [0.5, 0.6) is 0 Å². The van der Waals surface area contributed by atoms with Crippen LogP contribution in [-0.2, 0) is 0 Å². The molecule has 1 heteroatoms. The third-order valence-electron chi connectivity index (χ3n) is 7.05. The summed E-state index contributed by atoms with van der Waals surface area (Å²) in [4.78, 5) is 0. The first-order valence-electron chi connectivity index (χ1n) is 13.3. The van der Waals surface area contributed by atoms with Gasteiger partial charge < -0.3 is 5.11 Å². The van der Waals surface area contributed by atoms with Gasteiger partial charge in [-0.2, -0.15) is 0 Å². The third kappa shape index (κ3) is 14.0. The number of hydrogen-bond acceptors (Lipinski definition) is 1. The van der Waals surface area contributed by atoms with E-state index in [0.29, 0.717) is 0 Å². The molecule has 0 aromatic rings. The maximum Gasteiger partial charge on any atom is 0.0596 e. The highest BCUT2D eigenvalue weighted by Crippen LogP contribution is 2.40. The van der Waals surface area contributed by atoms with Crippen molar-refractivity contribution in [2.75, 3.05) is 0 Å². The quantitative estimate of drug-likeness (QED) is 0.181. The van der Waals surface area contributed by atoms with Crippen LogP contribution >= 0.6 is 0 Å². The van der Waals surface area contributed by atoms with E-state index in [9.17, 15) is 5.11 Å². The van der Waals surface area contributed by atoms with E-state index >= 15 is 0 Å². The average Bonchev–Trinajstić information content (AvgIpc) is 2.71. The summed E-state index contributed by atoms with van der Waals surface area (Å²) in [6.07, 6.45) is 27.5. The van der Waals surface area contributed by atoms with E-state index in [2.05, 4.69) is 27.7 Å². The predicted molar refractivity (Wildman–Crippen MR) is 128 cm³/mol. The number of hydrogen-bond donors (Lipinski definition) is 1. The summed E-state index contributed by atoms with van der Waals surface area (Å²) in [5.74, 6) is 0. The average molecular weight is 397 g/mol. The van der Waals surface area contributed by atoms with Crippen LogP contribution in [0.2, 0.25) is 0 Å². The minimum absolute atomic E-state index is 0.0783. The van der Waals surface area contributed by atoms with Crippen molar-refractivity contribution in [1.29, 1.82) is 0 Å². The van der Waals surface area contributed by atoms with Gasteiger partial charge in [0, 0.05) is 0 Å². The minimum atomic E-state index is -0.0783. The Labute approximate surface area is 179 Å². The lowest BCUT2D eigenvalue weighted by Gasteiger charge is -2.38. The van der Waals surface area contributed by atoms with Gasteiger partial charge in [0.1, 0.15) is 0 Å². The first kappa shape index (κ1) is 28.0. The monoisotopic (exact) mass is 396 g/mol. The van der Waals surface area contributed by atoms with Crippen LogP contribution < -0.4 is 0 Å². The maximum absolute atomic E-state index is 11.2. The number of rotatable bonds is 22. The number of aliphatic hydroxyl groups is 1. The van der Waals surface area contributed by atoms with Crippen molar-refractivity contribution in [3.63, 3.8) is 0 Å². The highest BCUT2D eigenvalue weighted by molar-refractivity contribution is 4.85. The normalized spacial score (nSPS) is 13.2. The number of unbranched alkanes of at least 4 members (excludes halogenated alkanes) is 14. The molecule has 1 unspecified atom stereocenters. The van der Waals surface area contributed by atoms with E-state index < -0.39 is 0 Å². The molecule has 0 fully saturated rings. The SMILES string of the molecule is CCCCCCCCC(CC)(CCCCCCCC)C(O)CCCCCCC. The van der Waals surface area contributed by atoms with Gasteiger partial charge in [0.25, 0.3) is 0 Å². The standard InChI is InChI=1S/C27H56O/c1-5-9-12-15-18-21-24-27(8-4,25-22-19-16-13-10-6-2)26(28)23-20-17-14-11-7-3/h26,28H,5-25H2,1-4H3. The van der Waals surface area contributed by atoms with E-state index in [4.69, 9.17) is 0 Å². The molecule has 0 spiro atoms. The molecule has 0 aromatic heterocycles. The van der Waals surface area contributed by atoms with Crippen LogP contribution in [0.25, 0.3) is 0 Å². The van der Waals surface area contributed by atoms with Gasteiger partial charge in [0.15, 0.2) is 0 Å². The molecular weight excluding hydrogens is 340 g/mol. The van der Waals surface area contributed by atoms with Gasteiger partial charge in [-0.3, -0.25) is 0 Å². The summed E-state index contributed by atoms with van der Waals surface area (Å²) in [6.45, 7) is 9.20. The Kier molecular flexibility index (Phi) is 20.2. The third-order valence-corrected chi connectivity index (χ3v) is 7.05. The summed E-state index contributed by atoms with van der Waals surface area (Å²) < 4.78 is 0. The summed E-state index contributed by atoms with van der Waals surface area (Å²) in [5, 5.41) is 11.2. The van der Waals surface area contributed by atoms with Crippen molar-refractivity contribution in [2.45, 2.75) is 169 Å². The molecule has 0 radical (unpaired) electrons. The van der Waals surface area contributed by atoms with Gasteiger partial charge in [-0.05, 0) is 31.1 Å². The Balaban J connectivity index is 4.47. The molecule has 1 atom stereocenters. The fraction of sp³-hybridized carbons (Fsp3) is 1.00. The van der Waals surface area contributed by atoms with Crippen molar-refractivity contribution >= 4 is 0 Å². The van der Waals surface area contributed by atoms with Gasteiger partial charge in [0.2, 0.25) is 0 Å². The van der Waals surface area contributed by atoms with E-state index in [1.165, 1.54) is 122 Å². The largest absolute Gasteiger partial charge is 0.393 e. The van der Waals surface area contributed by atoms with E-state index in [1.807, 2.05) is 0 Å². The highest BCUT2D eigenvalue weighted by atomic mass is 16.3. The molecule has 0 heterocycles. The second-order valence-electron chi connectivity index (χ2n) is 9.47. The molecule has 0 rings (SSSR count). The Hall–Kier alpha value is -0.0400. The molecule has 0 amide bonds. The Morgan fingerprint density at radius 2 is 0.857 bits per heavy atom. The fourth-order valence-corrected chi connectivity index (χ4v) is 4.81. The molecule has 28 heavy (non-hydrogen) atoms.